The lowest BCUT2D eigenvalue weighted by Gasteiger charge is -2.17. The van der Waals surface area contributed by atoms with Crippen molar-refractivity contribution < 1.29 is 18.7 Å². The number of ether oxygens (including phenoxy) is 2. The molecule has 0 spiro atoms. The minimum Gasteiger partial charge on any atom is -0.493 e. The van der Waals surface area contributed by atoms with Crippen LogP contribution < -0.4 is 9.47 Å². The smallest absolute Gasteiger partial charge is 0.240 e. The normalized spacial score (nSPS) is 15.1. The molecular weight excluding hydrogens is 480 g/mol. The van der Waals surface area contributed by atoms with E-state index in [1.165, 1.54) is 11.9 Å². The summed E-state index contributed by atoms with van der Waals surface area (Å²) in [5.41, 5.74) is 4.84. The minimum absolute atomic E-state index is 0.162. The molecule has 6 rings (SSSR count). The van der Waals surface area contributed by atoms with Gasteiger partial charge in [0.1, 0.15) is 17.3 Å². The highest BCUT2D eigenvalue weighted by atomic mass is 16.5. The van der Waals surface area contributed by atoms with Gasteiger partial charge in [0.25, 0.3) is 0 Å². The first kappa shape index (κ1) is 23.5. The standard InChI is InChI=1S/C30H26N4O4/c1-19(35)33-25(17-23(31-33)20-13-14-28(36-2)30(15-20)37-3)24-18-26(34(32-24)22-10-5-4-6-11-22)29-16-21-9-7-8-12-27(21)38-29/h4-16,18,25H,17H2,1-3H3. The van der Waals surface area contributed by atoms with Gasteiger partial charge in [-0.15, -0.1) is 0 Å². The zero-order chi connectivity index (χ0) is 26.2. The number of para-hydroxylation sites is 2. The fraction of sp³-hybridized carbons (Fsp3) is 0.167. The number of hydrogen-bond acceptors (Lipinski definition) is 6. The number of rotatable bonds is 6. The first-order valence-electron chi connectivity index (χ1n) is 12.3. The molecule has 190 valence electrons. The third-order valence-corrected chi connectivity index (χ3v) is 6.70. The van der Waals surface area contributed by atoms with Crippen LogP contribution in [0.1, 0.15) is 30.6 Å². The lowest BCUT2D eigenvalue weighted by Crippen LogP contribution is -2.24. The van der Waals surface area contributed by atoms with E-state index in [-0.39, 0.29) is 11.9 Å². The summed E-state index contributed by atoms with van der Waals surface area (Å²) < 4.78 is 18.9. The molecule has 1 unspecified atom stereocenters. The van der Waals surface area contributed by atoms with Gasteiger partial charge in [-0.05, 0) is 48.5 Å². The van der Waals surface area contributed by atoms with Crippen molar-refractivity contribution >= 4 is 22.6 Å². The van der Waals surface area contributed by atoms with Gasteiger partial charge in [0.05, 0.1) is 31.3 Å². The Hall–Kier alpha value is -4.85. The Bertz CT molecular complexity index is 1640. The number of carbonyl (C=O) groups excluding carboxylic acids is 1. The first-order chi connectivity index (χ1) is 18.6. The van der Waals surface area contributed by atoms with E-state index in [0.29, 0.717) is 23.7 Å². The lowest BCUT2D eigenvalue weighted by atomic mass is 10.0. The fourth-order valence-corrected chi connectivity index (χ4v) is 4.83. The Balaban J connectivity index is 1.43. The van der Waals surface area contributed by atoms with Crippen LogP contribution in [0.3, 0.4) is 0 Å². The van der Waals surface area contributed by atoms with Crippen LogP contribution in [0.25, 0.3) is 28.1 Å². The molecule has 38 heavy (non-hydrogen) atoms. The van der Waals surface area contributed by atoms with Crippen LogP contribution in [0, 0.1) is 0 Å². The van der Waals surface area contributed by atoms with E-state index in [4.69, 9.17) is 24.1 Å². The average molecular weight is 507 g/mol. The number of nitrogens with zero attached hydrogens (tertiary/aromatic N) is 4. The molecule has 0 bridgehead atoms. The van der Waals surface area contributed by atoms with E-state index in [0.717, 1.165) is 39.3 Å². The maximum Gasteiger partial charge on any atom is 0.240 e. The third-order valence-electron chi connectivity index (χ3n) is 6.70. The van der Waals surface area contributed by atoms with Gasteiger partial charge in [-0.25, -0.2) is 9.69 Å². The lowest BCUT2D eigenvalue weighted by molar-refractivity contribution is -0.130. The number of methoxy groups -OCH3 is 2. The Morgan fingerprint density at radius 2 is 1.68 bits per heavy atom. The molecule has 0 N–H and O–H groups in total. The number of furan rings is 1. The van der Waals surface area contributed by atoms with Gasteiger partial charge in [-0.1, -0.05) is 36.4 Å². The Morgan fingerprint density at radius 3 is 2.42 bits per heavy atom. The van der Waals surface area contributed by atoms with Crippen molar-refractivity contribution in [2.24, 2.45) is 5.10 Å². The molecule has 5 aromatic rings. The van der Waals surface area contributed by atoms with Crippen LogP contribution in [-0.2, 0) is 4.79 Å². The summed E-state index contributed by atoms with van der Waals surface area (Å²) in [6.45, 7) is 1.52. The second kappa shape index (κ2) is 9.55. The Kier molecular flexibility index (Phi) is 5.92. The van der Waals surface area contributed by atoms with Crippen molar-refractivity contribution in [3.63, 3.8) is 0 Å². The second-order valence-corrected chi connectivity index (χ2v) is 9.05. The van der Waals surface area contributed by atoms with E-state index < -0.39 is 0 Å². The van der Waals surface area contributed by atoms with Gasteiger partial charge in [-0.2, -0.15) is 10.2 Å². The topological polar surface area (TPSA) is 82.1 Å². The number of aromatic nitrogens is 2. The van der Waals surface area contributed by atoms with Crippen LogP contribution >= 0.6 is 0 Å². The number of benzene rings is 3. The predicted octanol–water partition coefficient (Wildman–Crippen LogP) is 6.00. The summed E-state index contributed by atoms with van der Waals surface area (Å²) in [5.74, 6) is 1.77. The molecule has 0 saturated carbocycles. The molecule has 8 nitrogen and oxygen atoms in total. The number of amides is 1. The molecule has 8 heteroatoms. The number of hydrogen-bond donors (Lipinski definition) is 0. The summed E-state index contributed by atoms with van der Waals surface area (Å²) in [4.78, 5) is 12.7. The summed E-state index contributed by atoms with van der Waals surface area (Å²) in [6, 6.07) is 27.0. The van der Waals surface area contributed by atoms with Crippen LogP contribution in [0.15, 0.2) is 94.4 Å². The molecule has 1 atom stereocenters. The monoisotopic (exact) mass is 506 g/mol. The molecule has 3 heterocycles. The maximum atomic E-state index is 12.7. The Labute approximate surface area is 219 Å². The average Bonchev–Trinajstić information content (AvgIpc) is 3.69. The van der Waals surface area contributed by atoms with Gasteiger partial charge in [0, 0.05) is 24.3 Å². The summed E-state index contributed by atoms with van der Waals surface area (Å²) in [5, 5.41) is 12.2. The molecule has 0 saturated heterocycles. The van der Waals surface area contributed by atoms with E-state index in [9.17, 15) is 4.79 Å². The second-order valence-electron chi connectivity index (χ2n) is 9.05. The summed E-state index contributed by atoms with van der Waals surface area (Å²) in [7, 11) is 3.19. The zero-order valence-electron chi connectivity index (χ0n) is 21.3. The van der Waals surface area contributed by atoms with Crippen LogP contribution in [-0.4, -0.2) is 40.6 Å². The maximum absolute atomic E-state index is 12.7. The molecule has 1 amide bonds. The highest BCUT2D eigenvalue weighted by Gasteiger charge is 2.34. The van der Waals surface area contributed by atoms with Crippen LogP contribution in [0.5, 0.6) is 11.5 Å². The molecule has 0 aliphatic carbocycles. The van der Waals surface area contributed by atoms with Gasteiger partial charge in [0.2, 0.25) is 5.91 Å². The van der Waals surface area contributed by atoms with E-state index in [1.807, 2.05) is 89.6 Å². The van der Waals surface area contributed by atoms with Crippen molar-refractivity contribution in [2.45, 2.75) is 19.4 Å². The Morgan fingerprint density at radius 1 is 0.921 bits per heavy atom. The molecule has 1 aliphatic rings. The van der Waals surface area contributed by atoms with Gasteiger partial charge in [-0.3, -0.25) is 4.79 Å². The largest absolute Gasteiger partial charge is 0.493 e. The highest BCUT2D eigenvalue weighted by Crippen LogP contribution is 2.38. The third kappa shape index (κ3) is 4.10. The number of fused-ring (bicyclic) bond motifs is 1. The van der Waals surface area contributed by atoms with Crippen molar-refractivity contribution in [3.8, 4) is 28.6 Å². The molecule has 2 aromatic heterocycles. The van der Waals surface area contributed by atoms with Crippen molar-refractivity contribution in [3.05, 3.63) is 96.2 Å². The van der Waals surface area contributed by atoms with Gasteiger partial charge < -0.3 is 13.9 Å². The van der Waals surface area contributed by atoms with Gasteiger partial charge in [0.15, 0.2) is 17.3 Å². The van der Waals surface area contributed by atoms with E-state index in [2.05, 4.69) is 0 Å². The summed E-state index contributed by atoms with van der Waals surface area (Å²) in [6.07, 6.45) is 0.500. The van der Waals surface area contributed by atoms with Crippen molar-refractivity contribution in [2.75, 3.05) is 14.2 Å². The fourth-order valence-electron chi connectivity index (χ4n) is 4.83. The molecular formula is C30H26N4O4. The molecule has 0 radical (unpaired) electrons. The summed E-state index contributed by atoms with van der Waals surface area (Å²) >= 11 is 0. The van der Waals surface area contributed by atoms with E-state index >= 15 is 0 Å². The van der Waals surface area contributed by atoms with E-state index in [1.54, 1.807) is 14.2 Å². The minimum atomic E-state index is -0.372. The quantitative estimate of drug-likeness (QED) is 0.282. The predicted molar refractivity (Wildman–Crippen MR) is 145 cm³/mol. The van der Waals surface area contributed by atoms with Crippen LogP contribution in [0.2, 0.25) is 0 Å². The zero-order valence-corrected chi connectivity index (χ0v) is 21.3. The molecule has 0 fully saturated rings. The highest BCUT2D eigenvalue weighted by molar-refractivity contribution is 6.03. The van der Waals surface area contributed by atoms with Crippen molar-refractivity contribution in [1.29, 1.82) is 0 Å². The first-order valence-corrected chi connectivity index (χ1v) is 12.3. The van der Waals surface area contributed by atoms with Crippen molar-refractivity contribution in [1.82, 2.24) is 14.8 Å². The van der Waals surface area contributed by atoms with Gasteiger partial charge >= 0.3 is 0 Å². The SMILES string of the molecule is COc1ccc(C2=NN(C(C)=O)C(c3cc(-c4cc5ccccc5o4)n(-c4ccccc4)n3)C2)cc1OC. The molecule has 3 aromatic carbocycles. The molecule has 1 aliphatic heterocycles. The number of carbonyl (C=O) groups is 1. The van der Waals surface area contributed by atoms with Crippen LogP contribution in [0.4, 0.5) is 0 Å². The number of hydrazone groups is 1.